The second-order valence-electron chi connectivity index (χ2n) is 6.70. The molecule has 146 valence electrons. The molecular formula is C18H23BrF3NO2S. The normalized spacial score (nSPS) is 14.2. The Hall–Kier alpha value is -1.02. The molecule has 1 unspecified atom stereocenters. The van der Waals surface area contributed by atoms with Gasteiger partial charge < -0.3 is 4.74 Å². The van der Waals surface area contributed by atoms with Crippen LogP contribution < -0.4 is 0 Å². The minimum absolute atomic E-state index is 0.0515. The first-order valence-corrected chi connectivity index (χ1v) is 9.72. The van der Waals surface area contributed by atoms with Gasteiger partial charge in [-0.25, -0.2) is 4.40 Å². The number of nitrogens with zero attached hydrogens (tertiary/aromatic N) is 1. The number of carbonyl (C=O) groups is 1. The van der Waals surface area contributed by atoms with Crippen LogP contribution in [0.25, 0.3) is 0 Å². The molecular weight excluding hydrogens is 431 g/mol. The van der Waals surface area contributed by atoms with Crippen LogP contribution in [0.2, 0.25) is 0 Å². The summed E-state index contributed by atoms with van der Waals surface area (Å²) in [7, 11) is 0. The maximum absolute atomic E-state index is 13.5. The van der Waals surface area contributed by atoms with E-state index in [1.165, 1.54) is 11.9 Å². The van der Waals surface area contributed by atoms with Crippen LogP contribution in [-0.4, -0.2) is 29.2 Å². The number of hydrogen-bond donors (Lipinski definition) is 0. The summed E-state index contributed by atoms with van der Waals surface area (Å²) in [6.07, 6.45) is -5.63. The van der Waals surface area contributed by atoms with E-state index in [4.69, 9.17) is 4.74 Å². The minimum atomic E-state index is -4.52. The molecule has 0 N–H and O–H groups in total. The first kappa shape index (κ1) is 23.0. The third kappa shape index (κ3) is 8.58. The molecule has 1 aromatic rings. The van der Waals surface area contributed by atoms with E-state index in [-0.39, 0.29) is 17.8 Å². The van der Waals surface area contributed by atoms with Gasteiger partial charge >= 0.3 is 12.1 Å². The summed E-state index contributed by atoms with van der Waals surface area (Å²) in [6, 6.07) is 6.97. The van der Waals surface area contributed by atoms with E-state index in [0.29, 0.717) is 11.3 Å². The van der Waals surface area contributed by atoms with Crippen molar-refractivity contribution >= 4 is 39.6 Å². The van der Waals surface area contributed by atoms with Crippen molar-refractivity contribution in [2.24, 2.45) is 10.3 Å². The molecule has 0 bridgehead atoms. The molecule has 1 rings (SSSR count). The van der Waals surface area contributed by atoms with Gasteiger partial charge in [-0.2, -0.15) is 13.2 Å². The minimum Gasteiger partial charge on any atom is -0.466 e. The predicted molar refractivity (Wildman–Crippen MR) is 103 cm³/mol. The SMILES string of the molecule is CCOC(=O)CC(CC(=NSC(C)(C)C)c1cccc(Br)c1)C(F)(F)F. The van der Waals surface area contributed by atoms with Gasteiger partial charge in [0.2, 0.25) is 0 Å². The van der Waals surface area contributed by atoms with Crippen LogP contribution in [0.4, 0.5) is 13.2 Å². The number of esters is 1. The summed E-state index contributed by atoms with van der Waals surface area (Å²) in [5.41, 5.74) is 0.895. The first-order chi connectivity index (χ1) is 11.9. The van der Waals surface area contributed by atoms with Crippen molar-refractivity contribution in [2.75, 3.05) is 6.61 Å². The summed E-state index contributed by atoms with van der Waals surface area (Å²) in [6.45, 7) is 7.41. The fourth-order valence-corrected chi connectivity index (χ4v) is 2.99. The highest BCUT2D eigenvalue weighted by molar-refractivity contribution is 9.10. The van der Waals surface area contributed by atoms with Crippen LogP contribution in [0, 0.1) is 5.92 Å². The number of ether oxygens (including phenoxy) is 1. The molecule has 0 radical (unpaired) electrons. The molecule has 0 aliphatic carbocycles. The summed E-state index contributed by atoms with van der Waals surface area (Å²) in [5, 5.41) is 0. The fraction of sp³-hybridized carbons (Fsp3) is 0.556. The van der Waals surface area contributed by atoms with E-state index < -0.39 is 24.5 Å². The maximum Gasteiger partial charge on any atom is 0.392 e. The largest absolute Gasteiger partial charge is 0.466 e. The second-order valence-corrected chi connectivity index (χ2v) is 9.21. The second kappa shape index (κ2) is 9.78. The van der Waals surface area contributed by atoms with Crippen molar-refractivity contribution in [3.63, 3.8) is 0 Å². The zero-order chi connectivity index (χ0) is 20.0. The molecule has 3 nitrogen and oxygen atoms in total. The Bertz CT molecular complexity index is 642. The molecule has 0 aliphatic heterocycles. The topological polar surface area (TPSA) is 38.7 Å². The Morgan fingerprint density at radius 2 is 1.92 bits per heavy atom. The number of halogens is 4. The van der Waals surface area contributed by atoms with Gasteiger partial charge in [-0.05, 0) is 57.3 Å². The van der Waals surface area contributed by atoms with Crippen molar-refractivity contribution in [3.8, 4) is 0 Å². The van der Waals surface area contributed by atoms with Gasteiger partial charge in [-0.3, -0.25) is 4.79 Å². The highest BCUT2D eigenvalue weighted by Gasteiger charge is 2.42. The third-order valence-electron chi connectivity index (χ3n) is 3.21. The Balaban J connectivity index is 3.16. The van der Waals surface area contributed by atoms with Gasteiger partial charge in [0.15, 0.2) is 0 Å². The molecule has 1 aromatic carbocycles. The average molecular weight is 454 g/mol. The Labute approximate surface area is 165 Å². The summed E-state index contributed by atoms with van der Waals surface area (Å²) >= 11 is 4.54. The lowest BCUT2D eigenvalue weighted by Gasteiger charge is -2.21. The Morgan fingerprint density at radius 1 is 1.27 bits per heavy atom. The van der Waals surface area contributed by atoms with Crippen molar-refractivity contribution in [1.82, 2.24) is 0 Å². The molecule has 0 aromatic heterocycles. The standard InChI is InChI=1S/C18H23BrF3NO2S/c1-5-25-16(24)11-13(18(20,21)22)10-15(23-26-17(2,3)4)12-7-6-8-14(19)9-12/h6-9,13H,5,10-11H2,1-4H3. The number of rotatable bonds is 7. The van der Waals surface area contributed by atoms with E-state index in [9.17, 15) is 18.0 Å². The number of hydrogen-bond acceptors (Lipinski definition) is 4. The van der Waals surface area contributed by atoms with Crippen LogP contribution in [0.3, 0.4) is 0 Å². The van der Waals surface area contributed by atoms with Crippen molar-refractivity contribution < 1.29 is 22.7 Å². The lowest BCUT2D eigenvalue weighted by atomic mass is 9.94. The highest BCUT2D eigenvalue weighted by atomic mass is 79.9. The molecule has 1 atom stereocenters. The molecule has 0 fully saturated rings. The lowest BCUT2D eigenvalue weighted by molar-refractivity contribution is -0.182. The average Bonchev–Trinajstić information content (AvgIpc) is 2.48. The molecule has 26 heavy (non-hydrogen) atoms. The molecule has 8 heteroatoms. The predicted octanol–water partition coefficient (Wildman–Crippen LogP) is 6.21. The van der Waals surface area contributed by atoms with Gasteiger partial charge in [0.1, 0.15) is 0 Å². The van der Waals surface area contributed by atoms with Crippen LogP contribution in [-0.2, 0) is 9.53 Å². The van der Waals surface area contributed by atoms with E-state index in [1.54, 1.807) is 31.2 Å². The number of alkyl halides is 3. The van der Waals surface area contributed by atoms with Crippen LogP contribution >= 0.6 is 27.9 Å². The monoisotopic (exact) mass is 453 g/mol. The van der Waals surface area contributed by atoms with E-state index in [0.717, 1.165) is 4.47 Å². The molecule has 0 saturated heterocycles. The zero-order valence-electron chi connectivity index (χ0n) is 15.2. The van der Waals surface area contributed by atoms with Gasteiger partial charge in [0, 0.05) is 15.6 Å². The molecule has 0 amide bonds. The van der Waals surface area contributed by atoms with Crippen LogP contribution in [0.1, 0.15) is 46.1 Å². The number of benzene rings is 1. The van der Waals surface area contributed by atoms with Gasteiger partial charge in [0.05, 0.1) is 24.7 Å². The zero-order valence-corrected chi connectivity index (χ0v) is 17.6. The third-order valence-corrected chi connectivity index (χ3v) is 4.56. The Kier molecular flexibility index (Phi) is 8.66. The van der Waals surface area contributed by atoms with Crippen molar-refractivity contribution in [1.29, 1.82) is 0 Å². The molecule has 0 heterocycles. The van der Waals surface area contributed by atoms with Crippen molar-refractivity contribution in [3.05, 3.63) is 34.3 Å². The summed E-state index contributed by atoms with van der Waals surface area (Å²) < 4.78 is 50.0. The quantitative estimate of drug-likeness (QED) is 0.280. The molecule has 0 aliphatic rings. The fourth-order valence-electron chi connectivity index (χ4n) is 2.03. The first-order valence-electron chi connectivity index (χ1n) is 8.15. The van der Waals surface area contributed by atoms with Gasteiger partial charge in [-0.1, -0.05) is 28.1 Å². The highest BCUT2D eigenvalue weighted by Crippen LogP contribution is 2.35. The summed E-state index contributed by atoms with van der Waals surface area (Å²) in [5.74, 6) is -2.70. The van der Waals surface area contributed by atoms with E-state index >= 15 is 0 Å². The van der Waals surface area contributed by atoms with E-state index in [2.05, 4.69) is 20.3 Å². The van der Waals surface area contributed by atoms with Gasteiger partial charge in [-0.15, -0.1) is 0 Å². The smallest absolute Gasteiger partial charge is 0.392 e. The van der Waals surface area contributed by atoms with Crippen LogP contribution in [0.15, 0.2) is 33.1 Å². The Morgan fingerprint density at radius 3 is 2.42 bits per heavy atom. The van der Waals surface area contributed by atoms with Crippen LogP contribution in [0.5, 0.6) is 0 Å². The lowest BCUT2D eigenvalue weighted by Crippen LogP contribution is -2.29. The molecule has 0 spiro atoms. The maximum atomic E-state index is 13.5. The molecule has 0 saturated carbocycles. The van der Waals surface area contributed by atoms with Gasteiger partial charge in [0.25, 0.3) is 0 Å². The summed E-state index contributed by atoms with van der Waals surface area (Å²) in [4.78, 5) is 11.6. The number of carbonyl (C=O) groups excluding carboxylic acids is 1. The van der Waals surface area contributed by atoms with E-state index in [1.807, 2.05) is 20.8 Å². The van der Waals surface area contributed by atoms with Crippen molar-refractivity contribution in [2.45, 2.75) is 51.5 Å².